The predicted molar refractivity (Wildman–Crippen MR) is 117 cm³/mol. The summed E-state index contributed by atoms with van der Waals surface area (Å²) in [6, 6.07) is 22.7. The first kappa shape index (κ1) is 21.2. The second kappa shape index (κ2) is 8.58. The Kier molecular flexibility index (Phi) is 5.68. The molecule has 4 aromatic rings. The monoisotopic (exact) mass is 436 g/mol. The summed E-state index contributed by atoms with van der Waals surface area (Å²) in [6.07, 6.45) is -3.83. The lowest BCUT2D eigenvalue weighted by atomic mass is 10.1. The molecule has 0 unspecified atom stereocenters. The molecule has 1 heterocycles. The van der Waals surface area contributed by atoms with Crippen molar-refractivity contribution in [3.63, 3.8) is 0 Å². The second-order valence-corrected chi connectivity index (χ2v) is 7.13. The normalized spacial score (nSPS) is 11.2. The summed E-state index contributed by atoms with van der Waals surface area (Å²) in [7, 11) is 0. The lowest BCUT2D eigenvalue weighted by Gasteiger charge is -2.14. The number of nitrogens with one attached hydrogen (secondary N) is 2. The van der Waals surface area contributed by atoms with Crippen molar-refractivity contribution < 1.29 is 18.0 Å². The number of hydrogen-bond acceptors (Lipinski definition) is 3. The Balaban J connectivity index is 1.58. The third-order valence-electron chi connectivity index (χ3n) is 4.83. The van der Waals surface area contributed by atoms with Gasteiger partial charge in [-0.3, -0.25) is 4.79 Å². The molecule has 0 aliphatic rings. The molecule has 0 fully saturated rings. The van der Waals surface area contributed by atoms with E-state index in [-0.39, 0.29) is 5.69 Å². The Bertz CT molecular complexity index is 1230. The van der Waals surface area contributed by atoms with Crippen LogP contribution < -0.4 is 10.6 Å². The first-order chi connectivity index (χ1) is 15.3. The summed E-state index contributed by atoms with van der Waals surface area (Å²) in [5.41, 5.74) is 1.23. The predicted octanol–water partition coefficient (Wildman–Crippen LogP) is 6.20. The molecule has 8 heteroatoms. The molecule has 162 valence electrons. The number of aryl methyl sites for hydroxylation is 1. The Morgan fingerprint density at radius 1 is 0.844 bits per heavy atom. The quantitative estimate of drug-likeness (QED) is 0.392. The lowest BCUT2D eigenvalue weighted by Crippen LogP contribution is -2.21. The fourth-order valence-electron chi connectivity index (χ4n) is 3.29. The van der Waals surface area contributed by atoms with Gasteiger partial charge < -0.3 is 10.6 Å². The van der Waals surface area contributed by atoms with Gasteiger partial charge in [-0.15, -0.1) is 0 Å². The van der Waals surface area contributed by atoms with Gasteiger partial charge in [-0.05, 0) is 55.0 Å². The number of amides is 1. The van der Waals surface area contributed by atoms with Crippen LogP contribution in [0.4, 0.5) is 30.2 Å². The van der Waals surface area contributed by atoms with E-state index in [9.17, 15) is 18.0 Å². The molecule has 1 aromatic heterocycles. The smallest absolute Gasteiger partial charge is 0.356 e. The summed E-state index contributed by atoms with van der Waals surface area (Å²) in [4.78, 5) is 12.7. The number of carbonyl (C=O) groups excluding carboxylic acids is 1. The second-order valence-electron chi connectivity index (χ2n) is 7.13. The molecule has 0 aliphatic heterocycles. The van der Waals surface area contributed by atoms with Gasteiger partial charge >= 0.3 is 6.18 Å². The SMILES string of the molecule is Cc1ccccc1-n1ncc(C(=O)Nc2ccc(Nc3ccccc3)cc2)c1C(F)(F)F. The summed E-state index contributed by atoms with van der Waals surface area (Å²) in [5.74, 6) is -0.888. The maximum absolute atomic E-state index is 13.9. The third-order valence-corrected chi connectivity index (χ3v) is 4.83. The molecule has 2 N–H and O–H groups in total. The van der Waals surface area contributed by atoms with Crippen LogP contribution in [-0.4, -0.2) is 15.7 Å². The number of halogens is 3. The molecule has 0 spiro atoms. The highest BCUT2D eigenvalue weighted by molar-refractivity contribution is 6.05. The van der Waals surface area contributed by atoms with Crippen LogP contribution in [-0.2, 0) is 6.18 Å². The summed E-state index contributed by atoms with van der Waals surface area (Å²) < 4.78 is 42.4. The molecule has 0 saturated heterocycles. The molecule has 0 radical (unpaired) electrons. The van der Waals surface area contributed by atoms with Crippen molar-refractivity contribution in [3.8, 4) is 5.69 Å². The van der Waals surface area contributed by atoms with E-state index >= 15 is 0 Å². The van der Waals surface area contributed by atoms with E-state index in [0.717, 1.165) is 22.3 Å². The van der Waals surface area contributed by atoms with Gasteiger partial charge in [0.2, 0.25) is 0 Å². The minimum Gasteiger partial charge on any atom is -0.356 e. The van der Waals surface area contributed by atoms with Gasteiger partial charge in [-0.25, -0.2) is 4.68 Å². The fraction of sp³-hybridized carbons (Fsp3) is 0.0833. The van der Waals surface area contributed by atoms with E-state index < -0.39 is 23.3 Å². The van der Waals surface area contributed by atoms with E-state index in [2.05, 4.69) is 15.7 Å². The number of alkyl halides is 3. The Morgan fingerprint density at radius 3 is 2.09 bits per heavy atom. The number of nitrogens with zero attached hydrogens (tertiary/aromatic N) is 2. The zero-order valence-corrected chi connectivity index (χ0v) is 17.0. The van der Waals surface area contributed by atoms with E-state index in [1.807, 2.05) is 30.3 Å². The highest BCUT2D eigenvalue weighted by Crippen LogP contribution is 2.34. The molecule has 1 amide bonds. The molecule has 5 nitrogen and oxygen atoms in total. The van der Waals surface area contributed by atoms with Gasteiger partial charge in [0.1, 0.15) is 0 Å². The maximum Gasteiger partial charge on any atom is 0.434 e. The van der Waals surface area contributed by atoms with Gasteiger partial charge in [0.15, 0.2) is 5.69 Å². The van der Waals surface area contributed by atoms with Crippen LogP contribution in [0.25, 0.3) is 5.69 Å². The van der Waals surface area contributed by atoms with Crippen LogP contribution in [0.3, 0.4) is 0 Å². The first-order valence-electron chi connectivity index (χ1n) is 9.77. The zero-order valence-electron chi connectivity index (χ0n) is 17.0. The highest BCUT2D eigenvalue weighted by atomic mass is 19.4. The van der Waals surface area contributed by atoms with Crippen LogP contribution in [0.5, 0.6) is 0 Å². The van der Waals surface area contributed by atoms with Gasteiger partial charge in [0.25, 0.3) is 5.91 Å². The van der Waals surface area contributed by atoms with E-state index in [1.165, 1.54) is 6.07 Å². The van der Waals surface area contributed by atoms with Crippen molar-refractivity contribution in [1.82, 2.24) is 9.78 Å². The number of rotatable bonds is 5. The standard InChI is InChI=1S/C24H19F3N4O/c1-16-7-5-6-10-21(16)31-22(24(25,26)27)20(15-28-31)23(32)30-19-13-11-18(12-14-19)29-17-8-3-2-4-9-17/h2-15,29H,1H3,(H,30,32). The first-order valence-corrected chi connectivity index (χ1v) is 9.77. The van der Waals surface area contributed by atoms with Crippen LogP contribution in [0.15, 0.2) is 85.1 Å². The molecule has 0 atom stereocenters. The lowest BCUT2D eigenvalue weighted by molar-refractivity contribution is -0.143. The maximum atomic E-state index is 13.9. The number of benzene rings is 3. The fourth-order valence-corrected chi connectivity index (χ4v) is 3.29. The van der Waals surface area contributed by atoms with Gasteiger partial charge in [0, 0.05) is 17.1 Å². The van der Waals surface area contributed by atoms with E-state index in [4.69, 9.17) is 0 Å². The van der Waals surface area contributed by atoms with Crippen molar-refractivity contribution in [3.05, 3.63) is 102 Å². The minimum absolute atomic E-state index is 0.259. The molecule has 32 heavy (non-hydrogen) atoms. The molecule has 4 rings (SSSR count). The van der Waals surface area contributed by atoms with Gasteiger partial charge in [0.05, 0.1) is 17.4 Å². The molecule has 3 aromatic carbocycles. The zero-order chi connectivity index (χ0) is 22.7. The van der Waals surface area contributed by atoms with Crippen LogP contribution >= 0.6 is 0 Å². The summed E-state index contributed by atoms with van der Waals surface area (Å²) >= 11 is 0. The number of hydrogen-bond donors (Lipinski definition) is 2. The average Bonchev–Trinajstić information content (AvgIpc) is 3.22. The molecular weight excluding hydrogens is 417 g/mol. The van der Waals surface area contributed by atoms with E-state index in [0.29, 0.717) is 11.3 Å². The van der Waals surface area contributed by atoms with Crippen molar-refractivity contribution in [2.75, 3.05) is 10.6 Å². The minimum atomic E-state index is -4.77. The van der Waals surface area contributed by atoms with E-state index in [1.54, 1.807) is 49.4 Å². The van der Waals surface area contributed by atoms with Crippen LogP contribution in [0, 0.1) is 6.92 Å². The Hall–Kier alpha value is -4.07. The van der Waals surface area contributed by atoms with Gasteiger partial charge in [-0.2, -0.15) is 18.3 Å². The highest BCUT2D eigenvalue weighted by Gasteiger charge is 2.40. The molecule has 0 aliphatic carbocycles. The molecule has 0 bridgehead atoms. The topological polar surface area (TPSA) is 59.0 Å². The number of carbonyl (C=O) groups is 1. The summed E-state index contributed by atoms with van der Waals surface area (Å²) in [6.45, 7) is 1.68. The number of aromatic nitrogens is 2. The average molecular weight is 436 g/mol. The Labute approximate surface area is 182 Å². The number of anilines is 3. The van der Waals surface area contributed by atoms with Crippen LogP contribution in [0.2, 0.25) is 0 Å². The Morgan fingerprint density at radius 2 is 1.44 bits per heavy atom. The van der Waals surface area contributed by atoms with Crippen LogP contribution in [0.1, 0.15) is 21.6 Å². The largest absolute Gasteiger partial charge is 0.434 e. The number of para-hydroxylation sites is 2. The molecular formula is C24H19F3N4O. The van der Waals surface area contributed by atoms with Crippen molar-refractivity contribution in [1.29, 1.82) is 0 Å². The van der Waals surface area contributed by atoms with Crippen molar-refractivity contribution in [2.24, 2.45) is 0 Å². The van der Waals surface area contributed by atoms with Gasteiger partial charge in [-0.1, -0.05) is 36.4 Å². The van der Waals surface area contributed by atoms with Crippen molar-refractivity contribution >= 4 is 23.0 Å². The third kappa shape index (κ3) is 4.49. The molecule has 0 saturated carbocycles. The summed E-state index contributed by atoms with van der Waals surface area (Å²) in [5, 5.41) is 9.58. The van der Waals surface area contributed by atoms with Crippen molar-refractivity contribution in [2.45, 2.75) is 13.1 Å².